The monoisotopic (exact) mass is 355 g/mol. The summed E-state index contributed by atoms with van der Waals surface area (Å²) in [6.07, 6.45) is -1.53. The van der Waals surface area contributed by atoms with Gasteiger partial charge in [-0.1, -0.05) is 11.8 Å². The average molecular weight is 355 g/mol. The van der Waals surface area contributed by atoms with Crippen LogP contribution in [0.2, 0.25) is 0 Å². The SMILES string of the molecule is CCOc1ccc(SC(NSN(C)C(=O)F)=C(C)C)cc1C#N. The molecular weight excluding hydrogens is 337 g/mol. The molecule has 0 heterocycles. The molecule has 1 aromatic rings. The smallest absolute Gasteiger partial charge is 0.411 e. The molecule has 0 aliphatic carbocycles. The molecule has 0 radical (unpaired) electrons. The maximum Gasteiger partial charge on any atom is 0.411 e. The van der Waals surface area contributed by atoms with E-state index in [1.807, 2.05) is 26.8 Å². The summed E-state index contributed by atoms with van der Waals surface area (Å²) in [5.41, 5.74) is 1.42. The van der Waals surface area contributed by atoms with Crippen LogP contribution in [0.3, 0.4) is 0 Å². The van der Waals surface area contributed by atoms with Gasteiger partial charge in [-0.05, 0) is 44.5 Å². The first kappa shape index (κ1) is 19.2. The topological polar surface area (TPSA) is 65.4 Å². The Balaban J connectivity index is 2.88. The maximum absolute atomic E-state index is 12.5. The molecule has 0 atom stereocenters. The molecular formula is C15H18FN3O2S2. The van der Waals surface area contributed by atoms with Gasteiger partial charge in [-0.25, -0.2) is 9.10 Å². The third kappa shape index (κ3) is 6.04. The number of rotatable bonds is 7. The van der Waals surface area contributed by atoms with E-state index in [1.165, 1.54) is 18.8 Å². The number of nitriles is 1. The van der Waals surface area contributed by atoms with Crippen LogP contribution in [-0.2, 0) is 0 Å². The van der Waals surface area contributed by atoms with Crippen molar-refractivity contribution in [1.82, 2.24) is 9.03 Å². The van der Waals surface area contributed by atoms with Crippen LogP contribution >= 0.6 is 23.9 Å². The van der Waals surface area contributed by atoms with Crippen LogP contribution in [0.4, 0.5) is 9.18 Å². The Hall–Kier alpha value is -1.85. The number of thioether (sulfide) groups is 1. The normalized spacial score (nSPS) is 9.74. The van der Waals surface area contributed by atoms with Crippen LogP contribution in [0.25, 0.3) is 0 Å². The second-order valence-corrected chi connectivity index (χ2v) is 6.60. The molecule has 0 aliphatic rings. The van der Waals surface area contributed by atoms with Crippen molar-refractivity contribution < 1.29 is 13.9 Å². The number of ether oxygens (including phenoxy) is 1. The van der Waals surface area contributed by atoms with Crippen molar-refractivity contribution in [2.75, 3.05) is 13.7 Å². The Kier molecular flexibility index (Phi) is 7.78. The van der Waals surface area contributed by atoms with E-state index in [9.17, 15) is 14.4 Å². The molecule has 8 heteroatoms. The predicted octanol–water partition coefficient (Wildman–Crippen LogP) is 4.47. The molecule has 0 saturated heterocycles. The second kappa shape index (κ2) is 9.33. The lowest BCUT2D eigenvalue weighted by Crippen LogP contribution is -2.18. The van der Waals surface area contributed by atoms with Gasteiger partial charge >= 0.3 is 6.16 Å². The maximum atomic E-state index is 12.5. The molecule has 0 aliphatic heterocycles. The number of hydrogen-bond donors (Lipinski definition) is 1. The van der Waals surface area contributed by atoms with E-state index in [0.29, 0.717) is 17.9 Å². The fourth-order valence-electron chi connectivity index (χ4n) is 1.43. The Bertz CT molecular complexity index is 640. The summed E-state index contributed by atoms with van der Waals surface area (Å²) in [4.78, 5) is 11.4. The Morgan fingerprint density at radius 1 is 1.48 bits per heavy atom. The van der Waals surface area contributed by atoms with E-state index in [1.54, 1.807) is 12.1 Å². The molecule has 0 aromatic heterocycles. The van der Waals surface area contributed by atoms with Gasteiger partial charge in [-0.15, -0.1) is 4.39 Å². The average Bonchev–Trinajstić information content (AvgIpc) is 2.51. The van der Waals surface area contributed by atoms with Crippen LogP contribution < -0.4 is 9.46 Å². The number of carbonyl (C=O) groups is 1. The third-order valence-corrected chi connectivity index (χ3v) is 4.61. The first-order valence-corrected chi connectivity index (χ1v) is 8.36. The van der Waals surface area contributed by atoms with E-state index in [0.717, 1.165) is 31.9 Å². The van der Waals surface area contributed by atoms with Gasteiger partial charge in [0.1, 0.15) is 11.8 Å². The highest BCUT2D eigenvalue weighted by atomic mass is 32.2. The number of halogens is 1. The van der Waals surface area contributed by atoms with E-state index in [4.69, 9.17) is 4.74 Å². The van der Waals surface area contributed by atoms with Crippen molar-refractivity contribution >= 4 is 30.1 Å². The van der Waals surface area contributed by atoms with Crippen molar-refractivity contribution in [3.63, 3.8) is 0 Å². The van der Waals surface area contributed by atoms with Crippen molar-refractivity contribution in [2.24, 2.45) is 0 Å². The van der Waals surface area contributed by atoms with Crippen LogP contribution in [0, 0.1) is 11.3 Å². The van der Waals surface area contributed by atoms with Crippen molar-refractivity contribution in [3.05, 3.63) is 34.4 Å². The molecule has 1 amide bonds. The van der Waals surface area contributed by atoms with E-state index < -0.39 is 6.16 Å². The molecule has 23 heavy (non-hydrogen) atoms. The van der Waals surface area contributed by atoms with Crippen molar-refractivity contribution in [2.45, 2.75) is 25.7 Å². The summed E-state index contributed by atoms with van der Waals surface area (Å²) in [7, 11) is 1.33. The second-order valence-electron chi connectivity index (χ2n) is 4.58. The molecule has 0 fully saturated rings. The molecule has 124 valence electrons. The largest absolute Gasteiger partial charge is 0.492 e. The Morgan fingerprint density at radius 3 is 2.70 bits per heavy atom. The van der Waals surface area contributed by atoms with Gasteiger partial charge in [0, 0.05) is 11.9 Å². The van der Waals surface area contributed by atoms with Gasteiger partial charge < -0.3 is 9.46 Å². The molecule has 5 nitrogen and oxygen atoms in total. The summed E-state index contributed by atoms with van der Waals surface area (Å²) in [6, 6.07) is 7.43. The van der Waals surface area contributed by atoms with Gasteiger partial charge in [0.15, 0.2) is 0 Å². The lowest BCUT2D eigenvalue weighted by molar-refractivity contribution is 0.209. The zero-order chi connectivity index (χ0) is 17.4. The first-order chi connectivity index (χ1) is 10.9. The fourth-order valence-corrected chi connectivity index (χ4v) is 2.96. The quantitative estimate of drug-likeness (QED) is 0.337. The summed E-state index contributed by atoms with van der Waals surface area (Å²) < 4.78 is 21.7. The fraction of sp³-hybridized carbons (Fsp3) is 0.333. The molecule has 1 N–H and O–H groups in total. The summed E-state index contributed by atoms with van der Waals surface area (Å²) in [5, 5.41) is 9.95. The van der Waals surface area contributed by atoms with Gasteiger partial charge in [0.25, 0.3) is 0 Å². The number of nitrogens with one attached hydrogen (secondary N) is 1. The standard InChI is InChI=1S/C15H18FN3O2S2/c1-5-21-13-7-6-12(8-11(13)9-17)22-14(10(2)3)18-23-19(4)15(16)20/h6-8,18H,5H2,1-4H3. The van der Waals surface area contributed by atoms with Crippen LogP contribution in [-0.4, -0.2) is 24.1 Å². The third-order valence-electron chi connectivity index (χ3n) is 2.57. The number of hydrogen-bond acceptors (Lipinski definition) is 6. The zero-order valence-electron chi connectivity index (χ0n) is 13.3. The van der Waals surface area contributed by atoms with E-state index in [2.05, 4.69) is 10.8 Å². The zero-order valence-corrected chi connectivity index (χ0v) is 15.0. The van der Waals surface area contributed by atoms with Gasteiger partial charge in [0.05, 0.1) is 29.3 Å². The van der Waals surface area contributed by atoms with Gasteiger partial charge in [0.2, 0.25) is 0 Å². The lowest BCUT2D eigenvalue weighted by Gasteiger charge is -2.16. The number of allylic oxidation sites excluding steroid dienone is 1. The minimum absolute atomic E-state index is 0.452. The number of benzene rings is 1. The van der Waals surface area contributed by atoms with Gasteiger partial charge in [-0.3, -0.25) is 0 Å². The molecule has 1 aromatic carbocycles. The number of nitrogens with zero attached hydrogens (tertiary/aromatic N) is 2. The molecule has 0 saturated carbocycles. The van der Waals surface area contributed by atoms with Crippen LogP contribution in [0.5, 0.6) is 5.75 Å². The molecule has 0 bridgehead atoms. The number of carbonyl (C=O) groups excluding carboxylic acids is 1. The highest BCUT2D eigenvalue weighted by Gasteiger charge is 2.11. The van der Waals surface area contributed by atoms with E-state index >= 15 is 0 Å². The highest BCUT2D eigenvalue weighted by molar-refractivity contribution is 8.04. The predicted molar refractivity (Wildman–Crippen MR) is 91.6 cm³/mol. The van der Waals surface area contributed by atoms with Gasteiger partial charge in [-0.2, -0.15) is 5.26 Å². The van der Waals surface area contributed by atoms with Crippen molar-refractivity contribution in [1.29, 1.82) is 5.26 Å². The molecule has 1 rings (SSSR count). The summed E-state index contributed by atoms with van der Waals surface area (Å²) in [6.45, 7) is 6.14. The first-order valence-electron chi connectivity index (χ1n) is 6.77. The summed E-state index contributed by atoms with van der Waals surface area (Å²) >= 11 is 2.24. The lowest BCUT2D eigenvalue weighted by atomic mass is 10.2. The molecule has 0 spiro atoms. The summed E-state index contributed by atoms with van der Waals surface area (Å²) in [5.74, 6) is 0.545. The van der Waals surface area contributed by atoms with Crippen molar-refractivity contribution in [3.8, 4) is 11.8 Å². The Morgan fingerprint density at radius 2 is 2.17 bits per heavy atom. The Labute approximate surface area is 144 Å². The minimum Gasteiger partial charge on any atom is -0.492 e. The van der Waals surface area contributed by atoms with Crippen LogP contribution in [0.1, 0.15) is 26.3 Å². The molecule has 0 unspecified atom stereocenters. The van der Waals surface area contributed by atoms with Crippen LogP contribution in [0.15, 0.2) is 33.7 Å². The highest BCUT2D eigenvalue weighted by Crippen LogP contribution is 2.32. The minimum atomic E-state index is -1.53. The number of amides is 1. The van der Waals surface area contributed by atoms with E-state index in [-0.39, 0.29) is 0 Å².